The Hall–Kier alpha value is -1.87. The van der Waals surface area contributed by atoms with Gasteiger partial charge in [-0.25, -0.2) is 0 Å². The van der Waals surface area contributed by atoms with Gasteiger partial charge in [-0.3, -0.25) is 4.98 Å². The van der Waals surface area contributed by atoms with Gasteiger partial charge in [0.1, 0.15) is 0 Å². The molecule has 0 aliphatic carbocycles. The summed E-state index contributed by atoms with van der Waals surface area (Å²) in [4.78, 5) is 6.74. The largest absolute Gasteiger partial charge is 0.366 e. The van der Waals surface area contributed by atoms with Crippen LogP contribution in [0, 0.1) is 0 Å². The number of aromatic nitrogens is 1. The molecule has 0 fully saturated rings. The van der Waals surface area contributed by atoms with E-state index in [0.29, 0.717) is 6.54 Å². The molecular weight excluding hydrogens is 222 g/mol. The zero-order chi connectivity index (χ0) is 12.8. The molecule has 3 heteroatoms. The summed E-state index contributed by atoms with van der Waals surface area (Å²) < 4.78 is 0. The Kier molecular flexibility index (Phi) is 4.31. The fraction of sp³-hybridized carbons (Fsp3) is 0.267. The van der Waals surface area contributed by atoms with E-state index in [4.69, 9.17) is 5.73 Å². The molecule has 94 valence electrons. The van der Waals surface area contributed by atoms with E-state index in [2.05, 4.69) is 41.1 Å². The summed E-state index contributed by atoms with van der Waals surface area (Å²) in [6.45, 7) is 4.49. The molecule has 0 bridgehead atoms. The van der Waals surface area contributed by atoms with Crippen LogP contribution < -0.4 is 10.6 Å². The Balaban J connectivity index is 2.10. The third-order valence-corrected chi connectivity index (χ3v) is 2.98. The number of anilines is 1. The number of hydrogen-bond donors (Lipinski definition) is 1. The van der Waals surface area contributed by atoms with E-state index in [1.807, 2.05) is 24.4 Å². The molecule has 1 aromatic heterocycles. The summed E-state index contributed by atoms with van der Waals surface area (Å²) in [5.74, 6) is 0. The Morgan fingerprint density at radius 3 is 2.44 bits per heavy atom. The van der Waals surface area contributed by atoms with Crippen molar-refractivity contribution >= 4 is 5.69 Å². The van der Waals surface area contributed by atoms with Crippen LogP contribution in [-0.4, -0.2) is 11.5 Å². The van der Waals surface area contributed by atoms with E-state index < -0.39 is 0 Å². The Labute approximate surface area is 108 Å². The molecule has 0 unspecified atom stereocenters. The number of nitrogens with two attached hydrogens (primary N) is 1. The molecule has 0 spiro atoms. The summed E-state index contributed by atoms with van der Waals surface area (Å²) >= 11 is 0. The monoisotopic (exact) mass is 241 g/mol. The predicted octanol–water partition coefficient (Wildman–Crippen LogP) is 2.57. The number of pyridine rings is 1. The standard InChI is InChI=1S/C15H19N3/c1-2-18(15-6-4-3-5-7-15)12-14-9-8-13(10-16)11-17-14/h3-9,11H,2,10,12,16H2,1H3. The van der Waals surface area contributed by atoms with Crippen LogP contribution in [0.3, 0.4) is 0 Å². The van der Waals surface area contributed by atoms with Crippen molar-refractivity contribution in [2.75, 3.05) is 11.4 Å². The lowest BCUT2D eigenvalue weighted by Crippen LogP contribution is -2.22. The Morgan fingerprint density at radius 1 is 1.11 bits per heavy atom. The van der Waals surface area contributed by atoms with Crippen LogP contribution in [0.2, 0.25) is 0 Å². The van der Waals surface area contributed by atoms with Gasteiger partial charge in [-0.15, -0.1) is 0 Å². The number of nitrogens with zero attached hydrogens (tertiary/aromatic N) is 2. The molecule has 2 aromatic rings. The predicted molar refractivity (Wildman–Crippen MR) is 75.3 cm³/mol. The molecule has 0 aliphatic rings. The van der Waals surface area contributed by atoms with E-state index in [1.54, 1.807) is 0 Å². The highest BCUT2D eigenvalue weighted by molar-refractivity contribution is 5.46. The molecule has 0 saturated carbocycles. The molecule has 0 amide bonds. The first-order valence-corrected chi connectivity index (χ1v) is 6.27. The minimum absolute atomic E-state index is 0.545. The van der Waals surface area contributed by atoms with Crippen molar-refractivity contribution in [2.24, 2.45) is 5.73 Å². The quantitative estimate of drug-likeness (QED) is 0.874. The lowest BCUT2D eigenvalue weighted by Gasteiger charge is -2.22. The lowest BCUT2D eigenvalue weighted by molar-refractivity contribution is 0.807. The Bertz CT molecular complexity index is 465. The molecule has 2 N–H and O–H groups in total. The zero-order valence-corrected chi connectivity index (χ0v) is 10.7. The maximum atomic E-state index is 5.57. The molecule has 0 aliphatic heterocycles. The van der Waals surface area contributed by atoms with Crippen LogP contribution in [-0.2, 0) is 13.1 Å². The van der Waals surface area contributed by atoms with Crippen LogP contribution in [0.15, 0.2) is 48.7 Å². The highest BCUT2D eigenvalue weighted by Gasteiger charge is 2.05. The van der Waals surface area contributed by atoms with Crippen LogP contribution in [0.5, 0.6) is 0 Å². The van der Waals surface area contributed by atoms with Crippen LogP contribution >= 0.6 is 0 Å². The van der Waals surface area contributed by atoms with Crippen molar-refractivity contribution in [1.82, 2.24) is 4.98 Å². The van der Waals surface area contributed by atoms with Gasteiger partial charge in [0, 0.05) is 25.0 Å². The fourth-order valence-electron chi connectivity index (χ4n) is 1.89. The summed E-state index contributed by atoms with van der Waals surface area (Å²) in [7, 11) is 0. The number of para-hydroxylation sites is 1. The van der Waals surface area contributed by atoms with Crippen molar-refractivity contribution in [1.29, 1.82) is 0 Å². The molecule has 0 atom stereocenters. The SMILES string of the molecule is CCN(Cc1ccc(CN)cn1)c1ccccc1. The van der Waals surface area contributed by atoms with Crippen LogP contribution in [0.25, 0.3) is 0 Å². The average Bonchev–Trinajstić information content (AvgIpc) is 2.46. The fourth-order valence-corrected chi connectivity index (χ4v) is 1.89. The summed E-state index contributed by atoms with van der Waals surface area (Å²) in [5.41, 5.74) is 8.93. The second-order valence-electron chi connectivity index (χ2n) is 4.21. The molecule has 2 rings (SSSR count). The first-order chi connectivity index (χ1) is 8.83. The van der Waals surface area contributed by atoms with E-state index in [-0.39, 0.29) is 0 Å². The van der Waals surface area contributed by atoms with Gasteiger partial charge >= 0.3 is 0 Å². The summed E-state index contributed by atoms with van der Waals surface area (Å²) in [5, 5.41) is 0. The van der Waals surface area contributed by atoms with E-state index in [9.17, 15) is 0 Å². The van der Waals surface area contributed by atoms with Crippen molar-refractivity contribution in [3.05, 3.63) is 59.9 Å². The van der Waals surface area contributed by atoms with E-state index in [0.717, 1.165) is 24.3 Å². The maximum Gasteiger partial charge on any atom is 0.0601 e. The van der Waals surface area contributed by atoms with Gasteiger partial charge in [0.2, 0.25) is 0 Å². The molecule has 1 heterocycles. The third kappa shape index (κ3) is 3.08. The minimum atomic E-state index is 0.545. The van der Waals surface area contributed by atoms with E-state index in [1.165, 1.54) is 5.69 Å². The first-order valence-electron chi connectivity index (χ1n) is 6.27. The molecule has 3 nitrogen and oxygen atoms in total. The smallest absolute Gasteiger partial charge is 0.0601 e. The second kappa shape index (κ2) is 6.17. The first kappa shape index (κ1) is 12.6. The number of rotatable bonds is 5. The second-order valence-corrected chi connectivity index (χ2v) is 4.21. The van der Waals surface area contributed by atoms with Crippen molar-refractivity contribution in [3.63, 3.8) is 0 Å². The van der Waals surface area contributed by atoms with Gasteiger partial charge in [0.25, 0.3) is 0 Å². The Morgan fingerprint density at radius 2 is 1.89 bits per heavy atom. The molecule has 0 saturated heterocycles. The molecular formula is C15H19N3. The third-order valence-electron chi connectivity index (χ3n) is 2.98. The summed E-state index contributed by atoms with van der Waals surface area (Å²) in [6, 6.07) is 14.5. The van der Waals surface area contributed by atoms with E-state index >= 15 is 0 Å². The van der Waals surface area contributed by atoms with Gasteiger partial charge in [0.05, 0.1) is 12.2 Å². The van der Waals surface area contributed by atoms with Gasteiger partial charge in [-0.2, -0.15) is 0 Å². The summed E-state index contributed by atoms with van der Waals surface area (Å²) in [6.07, 6.45) is 1.86. The van der Waals surface area contributed by atoms with Crippen molar-refractivity contribution in [2.45, 2.75) is 20.0 Å². The molecule has 1 aromatic carbocycles. The topological polar surface area (TPSA) is 42.1 Å². The van der Waals surface area contributed by atoms with Gasteiger partial charge < -0.3 is 10.6 Å². The average molecular weight is 241 g/mol. The number of benzene rings is 1. The maximum absolute atomic E-state index is 5.57. The van der Waals surface area contributed by atoms with Gasteiger partial charge in [-0.05, 0) is 30.7 Å². The van der Waals surface area contributed by atoms with Crippen LogP contribution in [0.1, 0.15) is 18.2 Å². The van der Waals surface area contributed by atoms with Gasteiger partial charge in [0.15, 0.2) is 0 Å². The minimum Gasteiger partial charge on any atom is -0.366 e. The van der Waals surface area contributed by atoms with Crippen LogP contribution in [0.4, 0.5) is 5.69 Å². The zero-order valence-electron chi connectivity index (χ0n) is 10.7. The lowest BCUT2D eigenvalue weighted by atomic mass is 10.2. The number of hydrogen-bond acceptors (Lipinski definition) is 3. The van der Waals surface area contributed by atoms with Crippen molar-refractivity contribution < 1.29 is 0 Å². The highest BCUT2D eigenvalue weighted by Crippen LogP contribution is 2.15. The van der Waals surface area contributed by atoms with Gasteiger partial charge in [-0.1, -0.05) is 24.3 Å². The normalized spacial score (nSPS) is 10.3. The molecule has 18 heavy (non-hydrogen) atoms. The highest BCUT2D eigenvalue weighted by atomic mass is 15.1. The molecule has 0 radical (unpaired) electrons. The van der Waals surface area contributed by atoms with Crippen molar-refractivity contribution in [3.8, 4) is 0 Å².